The standard InChI is InChI=1S/C13H24N2/c1-4-13(5-2,6-3)11-15-10-12-7-8-14-9-12/h7-9,14-15H,4-6,10-11H2,1-3H3. The molecule has 0 saturated carbocycles. The Morgan fingerprint density at radius 3 is 2.33 bits per heavy atom. The number of aromatic nitrogens is 1. The van der Waals surface area contributed by atoms with Crippen molar-refractivity contribution in [2.75, 3.05) is 6.54 Å². The van der Waals surface area contributed by atoms with E-state index in [1.165, 1.54) is 24.8 Å². The lowest BCUT2D eigenvalue weighted by Gasteiger charge is -2.30. The number of rotatable bonds is 7. The van der Waals surface area contributed by atoms with Crippen molar-refractivity contribution in [3.05, 3.63) is 24.0 Å². The van der Waals surface area contributed by atoms with Gasteiger partial charge in [-0.05, 0) is 36.3 Å². The SMILES string of the molecule is CCC(CC)(CC)CNCc1cc[nH]c1. The molecule has 1 rings (SSSR count). The highest BCUT2D eigenvalue weighted by molar-refractivity contribution is 5.07. The number of nitrogens with one attached hydrogen (secondary N) is 2. The highest BCUT2D eigenvalue weighted by Crippen LogP contribution is 2.29. The van der Waals surface area contributed by atoms with E-state index in [1.807, 2.05) is 6.20 Å². The molecule has 0 unspecified atom stereocenters. The van der Waals surface area contributed by atoms with Gasteiger partial charge in [-0.1, -0.05) is 20.8 Å². The lowest BCUT2D eigenvalue weighted by atomic mass is 9.80. The summed E-state index contributed by atoms with van der Waals surface area (Å²) in [5, 5.41) is 3.56. The van der Waals surface area contributed by atoms with Crippen LogP contribution in [0.25, 0.3) is 0 Å². The minimum atomic E-state index is 0.496. The summed E-state index contributed by atoms with van der Waals surface area (Å²) in [6.07, 6.45) is 7.82. The zero-order valence-corrected chi connectivity index (χ0v) is 10.3. The van der Waals surface area contributed by atoms with Gasteiger partial charge in [0.1, 0.15) is 0 Å². The third kappa shape index (κ3) is 3.38. The Kier molecular flexibility index (Phi) is 4.89. The summed E-state index contributed by atoms with van der Waals surface area (Å²) in [4.78, 5) is 3.08. The summed E-state index contributed by atoms with van der Waals surface area (Å²) >= 11 is 0. The van der Waals surface area contributed by atoms with Gasteiger partial charge in [-0.15, -0.1) is 0 Å². The van der Waals surface area contributed by atoms with E-state index in [0.29, 0.717) is 5.41 Å². The van der Waals surface area contributed by atoms with E-state index in [4.69, 9.17) is 0 Å². The van der Waals surface area contributed by atoms with Gasteiger partial charge in [-0.25, -0.2) is 0 Å². The van der Waals surface area contributed by atoms with Crippen molar-refractivity contribution < 1.29 is 0 Å². The van der Waals surface area contributed by atoms with Crippen molar-refractivity contribution in [1.29, 1.82) is 0 Å². The fourth-order valence-corrected chi connectivity index (χ4v) is 2.07. The van der Waals surface area contributed by atoms with Gasteiger partial charge < -0.3 is 10.3 Å². The molecule has 2 nitrogen and oxygen atoms in total. The zero-order chi connectivity index (χ0) is 11.1. The molecule has 0 saturated heterocycles. The van der Waals surface area contributed by atoms with Crippen LogP contribution < -0.4 is 5.32 Å². The Balaban J connectivity index is 2.34. The lowest BCUT2D eigenvalue weighted by molar-refractivity contribution is 0.238. The first-order valence-corrected chi connectivity index (χ1v) is 6.08. The molecule has 2 heteroatoms. The minimum absolute atomic E-state index is 0.496. The largest absolute Gasteiger partial charge is 0.367 e. The molecule has 0 aliphatic carbocycles. The van der Waals surface area contributed by atoms with Gasteiger partial charge in [0.2, 0.25) is 0 Å². The fourth-order valence-electron chi connectivity index (χ4n) is 2.07. The van der Waals surface area contributed by atoms with Gasteiger partial charge >= 0.3 is 0 Å². The van der Waals surface area contributed by atoms with Crippen molar-refractivity contribution in [3.8, 4) is 0 Å². The van der Waals surface area contributed by atoms with Gasteiger partial charge in [0.05, 0.1) is 0 Å². The average Bonchev–Trinajstić information content (AvgIpc) is 2.78. The van der Waals surface area contributed by atoms with Crippen LogP contribution in [0.15, 0.2) is 18.5 Å². The molecule has 86 valence electrons. The Labute approximate surface area is 93.5 Å². The van der Waals surface area contributed by atoms with Crippen LogP contribution in [-0.4, -0.2) is 11.5 Å². The molecule has 1 aromatic heterocycles. The van der Waals surface area contributed by atoms with Gasteiger partial charge in [-0.3, -0.25) is 0 Å². The second-order valence-electron chi connectivity index (χ2n) is 4.38. The van der Waals surface area contributed by atoms with Crippen LogP contribution in [0.2, 0.25) is 0 Å². The topological polar surface area (TPSA) is 27.8 Å². The van der Waals surface area contributed by atoms with Gasteiger partial charge in [0, 0.05) is 25.5 Å². The Hall–Kier alpha value is -0.760. The highest BCUT2D eigenvalue weighted by atomic mass is 14.9. The molecule has 1 aromatic rings. The number of H-pyrrole nitrogens is 1. The van der Waals surface area contributed by atoms with E-state index in [9.17, 15) is 0 Å². The second-order valence-corrected chi connectivity index (χ2v) is 4.38. The van der Waals surface area contributed by atoms with E-state index in [-0.39, 0.29) is 0 Å². The molecule has 0 radical (unpaired) electrons. The molecule has 0 aliphatic heterocycles. The quantitative estimate of drug-likeness (QED) is 0.707. The lowest BCUT2D eigenvalue weighted by Crippen LogP contribution is -2.32. The van der Waals surface area contributed by atoms with Crippen LogP contribution in [0, 0.1) is 5.41 Å². The first kappa shape index (κ1) is 12.3. The monoisotopic (exact) mass is 208 g/mol. The summed E-state index contributed by atoms with van der Waals surface area (Å²) in [6.45, 7) is 8.99. The molecule has 0 bridgehead atoms. The molecule has 0 amide bonds. The fraction of sp³-hybridized carbons (Fsp3) is 0.692. The molecule has 0 fully saturated rings. The van der Waals surface area contributed by atoms with Crippen molar-refractivity contribution >= 4 is 0 Å². The maximum Gasteiger partial charge on any atom is 0.0220 e. The van der Waals surface area contributed by atoms with E-state index in [1.54, 1.807) is 0 Å². The summed E-state index contributed by atoms with van der Waals surface area (Å²) in [5.41, 5.74) is 1.84. The minimum Gasteiger partial charge on any atom is -0.367 e. The highest BCUT2D eigenvalue weighted by Gasteiger charge is 2.22. The molecule has 15 heavy (non-hydrogen) atoms. The molecule has 0 spiro atoms. The van der Waals surface area contributed by atoms with Crippen molar-refractivity contribution in [2.45, 2.75) is 46.6 Å². The molecule has 0 aliphatic rings. The smallest absolute Gasteiger partial charge is 0.0220 e. The third-order valence-electron chi connectivity index (χ3n) is 3.74. The molecule has 2 N–H and O–H groups in total. The Morgan fingerprint density at radius 2 is 1.87 bits per heavy atom. The first-order chi connectivity index (χ1) is 7.26. The maximum absolute atomic E-state index is 3.56. The third-order valence-corrected chi connectivity index (χ3v) is 3.74. The molecular formula is C13H24N2. The summed E-state index contributed by atoms with van der Waals surface area (Å²) in [5.74, 6) is 0. The summed E-state index contributed by atoms with van der Waals surface area (Å²) in [6, 6.07) is 2.12. The molecule has 0 atom stereocenters. The van der Waals surface area contributed by atoms with E-state index in [2.05, 4.69) is 43.3 Å². The van der Waals surface area contributed by atoms with Crippen LogP contribution in [0.4, 0.5) is 0 Å². The van der Waals surface area contributed by atoms with Gasteiger partial charge in [0.25, 0.3) is 0 Å². The van der Waals surface area contributed by atoms with Crippen LogP contribution in [0.1, 0.15) is 45.6 Å². The Morgan fingerprint density at radius 1 is 1.20 bits per heavy atom. The number of hydrogen-bond acceptors (Lipinski definition) is 1. The van der Waals surface area contributed by atoms with Gasteiger partial charge in [0.15, 0.2) is 0 Å². The van der Waals surface area contributed by atoms with Crippen LogP contribution in [0.5, 0.6) is 0 Å². The van der Waals surface area contributed by atoms with Crippen molar-refractivity contribution in [3.63, 3.8) is 0 Å². The maximum atomic E-state index is 3.56. The van der Waals surface area contributed by atoms with Crippen LogP contribution in [0.3, 0.4) is 0 Å². The molecule has 0 aromatic carbocycles. The molecular weight excluding hydrogens is 184 g/mol. The first-order valence-electron chi connectivity index (χ1n) is 6.08. The second kappa shape index (κ2) is 5.96. The molecule has 1 heterocycles. The van der Waals surface area contributed by atoms with Crippen LogP contribution in [-0.2, 0) is 6.54 Å². The van der Waals surface area contributed by atoms with Crippen LogP contribution >= 0.6 is 0 Å². The number of aromatic amines is 1. The number of hydrogen-bond donors (Lipinski definition) is 2. The average molecular weight is 208 g/mol. The van der Waals surface area contributed by atoms with E-state index < -0.39 is 0 Å². The summed E-state index contributed by atoms with van der Waals surface area (Å²) in [7, 11) is 0. The van der Waals surface area contributed by atoms with Gasteiger partial charge in [-0.2, -0.15) is 0 Å². The van der Waals surface area contributed by atoms with Crippen molar-refractivity contribution in [2.24, 2.45) is 5.41 Å². The van der Waals surface area contributed by atoms with E-state index >= 15 is 0 Å². The predicted molar refractivity (Wildman–Crippen MR) is 65.8 cm³/mol. The Bertz CT molecular complexity index is 239. The zero-order valence-electron chi connectivity index (χ0n) is 10.3. The summed E-state index contributed by atoms with van der Waals surface area (Å²) < 4.78 is 0. The normalized spacial score (nSPS) is 11.9. The van der Waals surface area contributed by atoms with Crippen molar-refractivity contribution in [1.82, 2.24) is 10.3 Å². The van der Waals surface area contributed by atoms with E-state index in [0.717, 1.165) is 13.1 Å². The predicted octanol–water partition coefficient (Wildman–Crippen LogP) is 3.32.